The molecule has 1 heterocycles. The molecule has 0 radical (unpaired) electrons. The molecule has 1 aromatic heterocycles. The molecule has 0 aliphatic carbocycles. The predicted molar refractivity (Wildman–Crippen MR) is 64.1 cm³/mol. The van der Waals surface area contributed by atoms with Crippen molar-refractivity contribution in [3.8, 4) is 0 Å². The number of rotatable bonds is 4. The van der Waals surface area contributed by atoms with Gasteiger partial charge in [0, 0.05) is 0 Å². The van der Waals surface area contributed by atoms with E-state index in [1.807, 2.05) is 0 Å². The van der Waals surface area contributed by atoms with Gasteiger partial charge >= 0.3 is 0 Å². The molecule has 2 rings (SSSR count). The minimum absolute atomic E-state index is 0.217. The second-order valence-electron chi connectivity index (χ2n) is 3.48. The third-order valence-electron chi connectivity index (χ3n) is 2.24. The molecule has 94 valence electrons. The van der Waals surface area contributed by atoms with Gasteiger partial charge < -0.3 is 9.73 Å². The SMILES string of the molecule is O=[N+]([O-])c1cc(F)ccc1NCc1ccc(Cl)o1. The zero-order chi connectivity index (χ0) is 13.1. The number of hydrogen-bond donors (Lipinski definition) is 1. The fourth-order valence-electron chi connectivity index (χ4n) is 1.43. The highest BCUT2D eigenvalue weighted by molar-refractivity contribution is 6.28. The van der Waals surface area contributed by atoms with Crippen LogP contribution in [0.15, 0.2) is 34.7 Å². The third-order valence-corrected chi connectivity index (χ3v) is 2.44. The smallest absolute Gasteiger partial charge is 0.295 e. The summed E-state index contributed by atoms with van der Waals surface area (Å²) in [5.41, 5.74) is -0.110. The van der Waals surface area contributed by atoms with Crippen LogP contribution < -0.4 is 5.32 Å². The van der Waals surface area contributed by atoms with Crippen molar-refractivity contribution in [2.24, 2.45) is 0 Å². The van der Waals surface area contributed by atoms with Crippen LogP contribution in [0, 0.1) is 15.9 Å². The zero-order valence-electron chi connectivity index (χ0n) is 9.02. The number of nitrogens with one attached hydrogen (secondary N) is 1. The van der Waals surface area contributed by atoms with Gasteiger partial charge in [-0.1, -0.05) is 0 Å². The molecule has 5 nitrogen and oxygen atoms in total. The van der Waals surface area contributed by atoms with Crippen LogP contribution in [-0.2, 0) is 6.54 Å². The van der Waals surface area contributed by atoms with Crippen molar-refractivity contribution in [3.63, 3.8) is 0 Å². The van der Waals surface area contributed by atoms with E-state index in [4.69, 9.17) is 16.0 Å². The van der Waals surface area contributed by atoms with Crippen LogP contribution in [0.1, 0.15) is 5.76 Å². The van der Waals surface area contributed by atoms with Crippen molar-refractivity contribution in [3.05, 3.63) is 57.2 Å². The Morgan fingerprint density at radius 1 is 1.39 bits per heavy atom. The van der Waals surface area contributed by atoms with Crippen LogP contribution in [-0.4, -0.2) is 4.92 Å². The van der Waals surface area contributed by atoms with Crippen LogP contribution >= 0.6 is 11.6 Å². The summed E-state index contributed by atoms with van der Waals surface area (Å²) in [6.07, 6.45) is 0. The molecule has 1 aromatic carbocycles. The first-order chi connectivity index (χ1) is 8.56. The summed E-state index contributed by atoms with van der Waals surface area (Å²) in [5.74, 6) is -0.132. The Bertz CT molecular complexity index is 585. The van der Waals surface area contributed by atoms with E-state index in [-0.39, 0.29) is 23.1 Å². The molecule has 0 bridgehead atoms. The highest BCUT2D eigenvalue weighted by Gasteiger charge is 2.14. The zero-order valence-corrected chi connectivity index (χ0v) is 9.78. The van der Waals surface area contributed by atoms with Crippen molar-refractivity contribution in [2.45, 2.75) is 6.54 Å². The fourth-order valence-corrected chi connectivity index (χ4v) is 1.60. The molecule has 7 heteroatoms. The average molecular weight is 271 g/mol. The van der Waals surface area contributed by atoms with Gasteiger partial charge in [-0.2, -0.15) is 0 Å². The number of anilines is 1. The summed E-state index contributed by atoms with van der Waals surface area (Å²) in [4.78, 5) is 10.1. The first-order valence-corrected chi connectivity index (χ1v) is 5.36. The Kier molecular flexibility index (Phi) is 3.47. The molecule has 1 N–H and O–H groups in total. The van der Waals surface area contributed by atoms with Gasteiger partial charge in [-0.15, -0.1) is 0 Å². The van der Waals surface area contributed by atoms with Gasteiger partial charge in [0.15, 0.2) is 5.22 Å². The van der Waals surface area contributed by atoms with E-state index in [9.17, 15) is 14.5 Å². The standard InChI is InChI=1S/C11H8ClFN2O3/c12-11-4-2-8(18-11)6-14-9-3-1-7(13)5-10(9)15(16)17/h1-5,14H,6H2. The lowest BCUT2D eigenvalue weighted by Gasteiger charge is -2.05. The maximum atomic E-state index is 12.9. The van der Waals surface area contributed by atoms with E-state index >= 15 is 0 Å². The van der Waals surface area contributed by atoms with Crippen LogP contribution in [0.2, 0.25) is 5.22 Å². The van der Waals surface area contributed by atoms with Crippen molar-refractivity contribution in [1.29, 1.82) is 0 Å². The van der Waals surface area contributed by atoms with Crippen molar-refractivity contribution in [2.75, 3.05) is 5.32 Å². The quantitative estimate of drug-likeness (QED) is 0.681. The minimum atomic E-state index is -0.659. The molecule has 0 aliphatic heterocycles. The highest BCUT2D eigenvalue weighted by Crippen LogP contribution is 2.25. The number of nitrogens with zero attached hydrogens (tertiary/aromatic N) is 1. The fraction of sp³-hybridized carbons (Fsp3) is 0.0909. The Hall–Kier alpha value is -2.08. The molecule has 0 aliphatic rings. The van der Waals surface area contributed by atoms with E-state index < -0.39 is 10.7 Å². The largest absolute Gasteiger partial charge is 0.448 e. The van der Waals surface area contributed by atoms with Gasteiger partial charge in [-0.25, -0.2) is 4.39 Å². The van der Waals surface area contributed by atoms with Gasteiger partial charge in [0.05, 0.1) is 17.5 Å². The van der Waals surface area contributed by atoms with E-state index in [0.29, 0.717) is 5.76 Å². The Balaban J connectivity index is 2.16. The van der Waals surface area contributed by atoms with Crippen LogP contribution in [0.4, 0.5) is 15.8 Å². The van der Waals surface area contributed by atoms with Crippen LogP contribution in [0.25, 0.3) is 0 Å². The molecule has 0 saturated heterocycles. The van der Waals surface area contributed by atoms with Gasteiger partial charge in [0.2, 0.25) is 0 Å². The van der Waals surface area contributed by atoms with Gasteiger partial charge in [-0.05, 0) is 35.9 Å². The average Bonchev–Trinajstić information content (AvgIpc) is 2.73. The van der Waals surface area contributed by atoms with E-state index in [2.05, 4.69) is 5.32 Å². The van der Waals surface area contributed by atoms with E-state index in [1.54, 1.807) is 12.1 Å². The van der Waals surface area contributed by atoms with Crippen molar-refractivity contribution < 1.29 is 13.7 Å². The topological polar surface area (TPSA) is 68.3 Å². The normalized spacial score (nSPS) is 10.3. The number of hydrogen-bond acceptors (Lipinski definition) is 4. The Morgan fingerprint density at radius 2 is 2.17 bits per heavy atom. The Labute approximate surface area is 106 Å². The summed E-state index contributed by atoms with van der Waals surface area (Å²) in [6.45, 7) is 0.221. The summed E-state index contributed by atoms with van der Waals surface area (Å²) >= 11 is 5.59. The van der Waals surface area contributed by atoms with Gasteiger partial charge in [0.1, 0.15) is 17.3 Å². The molecule has 0 atom stereocenters. The number of furan rings is 1. The minimum Gasteiger partial charge on any atom is -0.448 e. The highest BCUT2D eigenvalue weighted by atomic mass is 35.5. The lowest BCUT2D eigenvalue weighted by Crippen LogP contribution is -2.02. The van der Waals surface area contributed by atoms with E-state index in [1.165, 1.54) is 6.07 Å². The van der Waals surface area contributed by atoms with Crippen molar-refractivity contribution in [1.82, 2.24) is 0 Å². The third kappa shape index (κ3) is 2.78. The van der Waals surface area contributed by atoms with Crippen molar-refractivity contribution >= 4 is 23.0 Å². The second-order valence-corrected chi connectivity index (χ2v) is 3.85. The number of nitro groups is 1. The first-order valence-electron chi connectivity index (χ1n) is 4.98. The summed E-state index contributed by atoms with van der Waals surface area (Å²) < 4.78 is 18.0. The molecule has 0 unspecified atom stereocenters. The Morgan fingerprint density at radius 3 is 2.78 bits per heavy atom. The molecule has 0 amide bonds. The summed E-state index contributed by atoms with van der Waals surface area (Å²) in [6, 6.07) is 6.52. The molecule has 2 aromatic rings. The lowest BCUT2D eigenvalue weighted by atomic mass is 10.2. The molecular formula is C11H8ClFN2O3. The molecule has 0 fully saturated rings. The van der Waals surface area contributed by atoms with Gasteiger partial charge in [0.25, 0.3) is 5.69 Å². The second kappa shape index (κ2) is 5.05. The number of benzene rings is 1. The monoisotopic (exact) mass is 270 g/mol. The van der Waals surface area contributed by atoms with Gasteiger partial charge in [-0.3, -0.25) is 10.1 Å². The summed E-state index contributed by atoms with van der Waals surface area (Å²) in [5, 5.41) is 13.8. The molecule has 18 heavy (non-hydrogen) atoms. The maximum Gasteiger partial charge on any atom is 0.295 e. The molecule has 0 saturated carbocycles. The lowest BCUT2D eigenvalue weighted by molar-refractivity contribution is -0.384. The number of nitro benzene ring substituents is 1. The van der Waals surface area contributed by atoms with E-state index in [0.717, 1.165) is 12.1 Å². The summed E-state index contributed by atoms with van der Waals surface area (Å²) in [7, 11) is 0. The van der Waals surface area contributed by atoms with Crippen LogP contribution in [0.5, 0.6) is 0 Å². The predicted octanol–water partition coefficient (Wildman–Crippen LogP) is 3.59. The molecular weight excluding hydrogens is 263 g/mol. The maximum absolute atomic E-state index is 12.9. The first kappa shape index (κ1) is 12.4. The number of halogens is 2. The molecule has 0 spiro atoms. The van der Waals surface area contributed by atoms with Crippen LogP contribution in [0.3, 0.4) is 0 Å².